The molecule has 2 unspecified atom stereocenters. The van der Waals surface area contributed by atoms with Crippen molar-refractivity contribution >= 4 is 22.9 Å². The number of benzene rings is 1. The fourth-order valence-electron chi connectivity index (χ4n) is 1.50. The number of rotatable bonds is 6. The lowest BCUT2D eigenvalue weighted by Gasteiger charge is -2.16. The molecule has 0 aromatic heterocycles. The van der Waals surface area contributed by atoms with Gasteiger partial charge < -0.3 is 9.29 Å². The summed E-state index contributed by atoms with van der Waals surface area (Å²) in [5.41, 5.74) is 1.27. The number of aryl methyl sites for hydroxylation is 1. The third-order valence-electron chi connectivity index (χ3n) is 2.46. The molecule has 0 radical (unpaired) electrons. The van der Waals surface area contributed by atoms with Crippen LogP contribution in [0.2, 0.25) is 0 Å². The van der Waals surface area contributed by atoms with E-state index in [1.807, 2.05) is 18.4 Å². The highest BCUT2D eigenvalue weighted by atomic mass is 32.3. The fourth-order valence-corrected chi connectivity index (χ4v) is 3.38. The standard InChI is InChI=1S/C12H18O2S2/c1-14-11-7-4-10(5-8-11)6-9-12(15-2)16(3)13/h4-5,7-8,12H,6,9H2,1-3H3. The predicted octanol–water partition coefficient (Wildman–Crippen LogP) is 2.70. The van der Waals surface area contributed by atoms with Crippen molar-refractivity contribution in [2.24, 2.45) is 0 Å². The van der Waals surface area contributed by atoms with Gasteiger partial charge in [0.25, 0.3) is 0 Å². The van der Waals surface area contributed by atoms with Crippen molar-refractivity contribution in [3.63, 3.8) is 0 Å². The Morgan fingerprint density at radius 2 is 2.00 bits per heavy atom. The maximum Gasteiger partial charge on any atom is 0.160 e. The monoisotopic (exact) mass is 258 g/mol. The molecule has 0 aliphatic heterocycles. The van der Waals surface area contributed by atoms with Crippen LogP contribution in [0.1, 0.15) is 12.0 Å². The van der Waals surface area contributed by atoms with Crippen LogP contribution >= 0.6 is 11.8 Å². The minimum Gasteiger partial charge on any atom is -0.616 e. The Labute approximate surface area is 105 Å². The minimum atomic E-state index is -0.745. The van der Waals surface area contributed by atoms with Gasteiger partial charge in [-0.2, -0.15) is 0 Å². The second kappa shape index (κ2) is 7.09. The molecular weight excluding hydrogens is 240 g/mol. The van der Waals surface area contributed by atoms with Gasteiger partial charge in [0.05, 0.1) is 13.4 Å². The fraction of sp³-hybridized carbons (Fsp3) is 0.500. The maximum absolute atomic E-state index is 11.4. The highest BCUT2D eigenvalue weighted by molar-refractivity contribution is 8.12. The molecule has 0 fully saturated rings. The third kappa shape index (κ3) is 4.28. The Bertz CT molecular complexity index is 298. The molecule has 2 nitrogen and oxygen atoms in total. The van der Waals surface area contributed by atoms with Crippen LogP contribution < -0.4 is 4.74 Å². The van der Waals surface area contributed by atoms with E-state index in [4.69, 9.17) is 4.74 Å². The zero-order valence-electron chi connectivity index (χ0n) is 9.93. The van der Waals surface area contributed by atoms with Gasteiger partial charge in [-0.3, -0.25) is 0 Å². The summed E-state index contributed by atoms with van der Waals surface area (Å²) in [6.07, 6.45) is 5.71. The SMILES string of the molecule is COc1ccc(CCC(SC)[S+](C)[O-])cc1. The summed E-state index contributed by atoms with van der Waals surface area (Å²) in [5.74, 6) is 0.879. The Morgan fingerprint density at radius 3 is 2.44 bits per heavy atom. The number of thioether (sulfide) groups is 1. The summed E-state index contributed by atoms with van der Waals surface area (Å²) in [6.45, 7) is 0. The zero-order chi connectivity index (χ0) is 12.0. The van der Waals surface area contributed by atoms with Crippen molar-refractivity contribution in [2.75, 3.05) is 19.6 Å². The molecule has 0 aliphatic rings. The van der Waals surface area contributed by atoms with E-state index in [0.717, 1.165) is 18.6 Å². The summed E-state index contributed by atoms with van der Waals surface area (Å²) in [6, 6.07) is 8.06. The van der Waals surface area contributed by atoms with Gasteiger partial charge in [-0.25, -0.2) is 0 Å². The van der Waals surface area contributed by atoms with Gasteiger partial charge in [-0.15, -0.1) is 11.8 Å². The van der Waals surface area contributed by atoms with Crippen LogP contribution in [0.3, 0.4) is 0 Å². The molecule has 1 aromatic carbocycles. The molecule has 2 atom stereocenters. The van der Waals surface area contributed by atoms with E-state index in [1.165, 1.54) is 5.56 Å². The van der Waals surface area contributed by atoms with E-state index in [1.54, 1.807) is 25.1 Å². The molecule has 90 valence electrons. The van der Waals surface area contributed by atoms with Gasteiger partial charge in [0.15, 0.2) is 4.58 Å². The summed E-state index contributed by atoms with van der Waals surface area (Å²) < 4.78 is 16.7. The smallest absolute Gasteiger partial charge is 0.160 e. The predicted molar refractivity (Wildman–Crippen MR) is 72.7 cm³/mol. The van der Waals surface area contributed by atoms with Gasteiger partial charge in [-0.05, 0) is 41.5 Å². The van der Waals surface area contributed by atoms with Crippen molar-refractivity contribution < 1.29 is 9.29 Å². The normalized spacial score (nSPS) is 14.5. The van der Waals surface area contributed by atoms with Gasteiger partial charge in [-0.1, -0.05) is 12.1 Å². The van der Waals surface area contributed by atoms with Gasteiger partial charge in [0.2, 0.25) is 0 Å². The molecular formula is C12H18O2S2. The first kappa shape index (κ1) is 13.7. The topological polar surface area (TPSA) is 32.3 Å². The first-order valence-electron chi connectivity index (χ1n) is 5.15. The van der Waals surface area contributed by atoms with Crippen molar-refractivity contribution in [2.45, 2.75) is 17.4 Å². The molecule has 0 amide bonds. The van der Waals surface area contributed by atoms with Crippen LogP contribution in [0, 0.1) is 0 Å². The van der Waals surface area contributed by atoms with Crippen molar-refractivity contribution in [1.29, 1.82) is 0 Å². The Balaban J connectivity index is 2.47. The number of ether oxygens (including phenoxy) is 1. The Kier molecular flexibility index (Phi) is 6.09. The molecule has 0 aliphatic carbocycles. The van der Waals surface area contributed by atoms with Crippen LogP contribution in [0.15, 0.2) is 24.3 Å². The summed E-state index contributed by atoms with van der Waals surface area (Å²) >= 11 is 0.935. The van der Waals surface area contributed by atoms with Crippen LogP contribution in [0.4, 0.5) is 0 Å². The average molecular weight is 258 g/mol. The minimum absolute atomic E-state index is 0.238. The van der Waals surface area contributed by atoms with Crippen molar-refractivity contribution in [3.8, 4) is 5.75 Å². The number of hydrogen-bond acceptors (Lipinski definition) is 3. The summed E-state index contributed by atoms with van der Waals surface area (Å²) in [7, 11) is 1.67. The highest BCUT2D eigenvalue weighted by Gasteiger charge is 2.16. The molecule has 0 heterocycles. The van der Waals surface area contributed by atoms with Crippen LogP contribution in [0.25, 0.3) is 0 Å². The number of methoxy groups -OCH3 is 1. The largest absolute Gasteiger partial charge is 0.616 e. The van der Waals surface area contributed by atoms with E-state index in [2.05, 4.69) is 12.1 Å². The third-order valence-corrected chi connectivity index (χ3v) is 5.59. The summed E-state index contributed by atoms with van der Waals surface area (Å²) in [4.78, 5) is 0. The van der Waals surface area contributed by atoms with Crippen molar-refractivity contribution in [1.82, 2.24) is 0 Å². The molecule has 0 spiro atoms. The van der Waals surface area contributed by atoms with E-state index in [9.17, 15) is 4.55 Å². The lowest BCUT2D eigenvalue weighted by atomic mass is 10.1. The van der Waals surface area contributed by atoms with E-state index < -0.39 is 11.2 Å². The van der Waals surface area contributed by atoms with Crippen LogP contribution in [0.5, 0.6) is 5.75 Å². The lowest BCUT2D eigenvalue weighted by molar-refractivity contribution is 0.414. The highest BCUT2D eigenvalue weighted by Crippen LogP contribution is 2.20. The van der Waals surface area contributed by atoms with Crippen LogP contribution in [-0.2, 0) is 17.6 Å². The molecule has 1 aromatic rings. The van der Waals surface area contributed by atoms with Gasteiger partial charge in [0.1, 0.15) is 5.75 Å². The van der Waals surface area contributed by atoms with E-state index in [-0.39, 0.29) is 4.58 Å². The number of hydrogen-bond donors (Lipinski definition) is 0. The quantitative estimate of drug-likeness (QED) is 0.735. The molecule has 4 heteroatoms. The van der Waals surface area contributed by atoms with Gasteiger partial charge >= 0.3 is 0 Å². The second-order valence-electron chi connectivity index (χ2n) is 3.55. The molecule has 1 rings (SSSR count). The lowest BCUT2D eigenvalue weighted by Crippen LogP contribution is -2.16. The van der Waals surface area contributed by atoms with Crippen molar-refractivity contribution in [3.05, 3.63) is 29.8 Å². The molecule has 0 bridgehead atoms. The first-order valence-corrected chi connectivity index (χ1v) is 8.06. The van der Waals surface area contributed by atoms with E-state index >= 15 is 0 Å². The molecule has 0 N–H and O–H groups in total. The maximum atomic E-state index is 11.4. The van der Waals surface area contributed by atoms with E-state index in [0.29, 0.717) is 0 Å². The molecule has 16 heavy (non-hydrogen) atoms. The second-order valence-corrected chi connectivity index (χ2v) is 6.46. The Hall–Kier alpha value is -0.320. The zero-order valence-corrected chi connectivity index (χ0v) is 11.6. The Morgan fingerprint density at radius 1 is 1.38 bits per heavy atom. The first-order chi connectivity index (χ1) is 7.67. The van der Waals surface area contributed by atoms with Gasteiger partial charge in [0, 0.05) is 6.42 Å². The molecule has 0 saturated heterocycles. The molecule has 0 saturated carbocycles. The summed E-state index contributed by atoms with van der Waals surface area (Å²) in [5, 5.41) is 0. The van der Waals surface area contributed by atoms with Crippen LogP contribution in [-0.4, -0.2) is 28.8 Å². The average Bonchev–Trinajstić information content (AvgIpc) is 2.30.